The van der Waals surface area contributed by atoms with E-state index in [4.69, 9.17) is 10.5 Å². The number of hydrogen-bond donors (Lipinski definition) is 2. The molecule has 4 nitrogen and oxygen atoms in total. The minimum atomic E-state index is -0.0378. The number of hydrogen-bond acceptors (Lipinski definition) is 3. The van der Waals surface area contributed by atoms with Crippen molar-refractivity contribution < 1.29 is 9.53 Å². The van der Waals surface area contributed by atoms with Gasteiger partial charge in [-0.2, -0.15) is 0 Å². The molecule has 0 aliphatic heterocycles. The average molecular weight is 264 g/mol. The maximum Gasteiger partial charge on any atom is 0.226 e. The lowest BCUT2D eigenvalue weighted by molar-refractivity contribution is -0.117. The standard InChI is InChI=1S/C15H24N2O2/c1-3-4-5-9-19-10-8-15(18)17-14-11-13(16)7-6-12(14)2/h6-7,11H,3-5,8-10,16H2,1-2H3,(H,17,18). The molecule has 0 spiro atoms. The van der Waals surface area contributed by atoms with Crippen LogP contribution in [0.15, 0.2) is 18.2 Å². The van der Waals surface area contributed by atoms with Crippen LogP contribution >= 0.6 is 0 Å². The van der Waals surface area contributed by atoms with Gasteiger partial charge in [0.05, 0.1) is 13.0 Å². The Balaban J connectivity index is 2.25. The second-order valence-corrected chi connectivity index (χ2v) is 4.69. The Labute approximate surface area is 115 Å². The molecule has 1 aromatic rings. The number of nitrogens with one attached hydrogen (secondary N) is 1. The minimum absolute atomic E-state index is 0.0378. The smallest absolute Gasteiger partial charge is 0.226 e. The maximum atomic E-state index is 11.7. The fraction of sp³-hybridized carbons (Fsp3) is 0.533. The van der Waals surface area contributed by atoms with E-state index in [9.17, 15) is 4.79 Å². The maximum absolute atomic E-state index is 11.7. The zero-order valence-electron chi connectivity index (χ0n) is 11.9. The molecular formula is C15H24N2O2. The van der Waals surface area contributed by atoms with Gasteiger partial charge in [-0.1, -0.05) is 25.8 Å². The Kier molecular flexibility index (Phi) is 6.97. The summed E-state index contributed by atoms with van der Waals surface area (Å²) in [5, 5.41) is 2.85. The highest BCUT2D eigenvalue weighted by atomic mass is 16.5. The number of unbranched alkanes of at least 4 members (excludes halogenated alkanes) is 2. The molecule has 3 N–H and O–H groups in total. The summed E-state index contributed by atoms with van der Waals surface area (Å²) in [4.78, 5) is 11.7. The van der Waals surface area contributed by atoms with E-state index < -0.39 is 0 Å². The van der Waals surface area contributed by atoms with Crippen molar-refractivity contribution in [2.75, 3.05) is 24.3 Å². The summed E-state index contributed by atoms with van der Waals surface area (Å²) in [7, 11) is 0. The molecule has 4 heteroatoms. The molecule has 0 unspecified atom stereocenters. The molecule has 106 valence electrons. The summed E-state index contributed by atoms with van der Waals surface area (Å²) in [5.41, 5.74) is 8.13. The Morgan fingerprint density at radius 1 is 1.32 bits per heavy atom. The Morgan fingerprint density at radius 2 is 2.11 bits per heavy atom. The number of amides is 1. The second-order valence-electron chi connectivity index (χ2n) is 4.69. The fourth-order valence-electron chi connectivity index (χ4n) is 1.71. The van der Waals surface area contributed by atoms with Crippen LogP contribution in [0.2, 0.25) is 0 Å². The van der Waals surface area contributed by atoms with Crippen molar-refractivity contribution in [2.24, 2.45) is 0 Å². The van der Waals surface area contributed by atoms with Gasteiger partial charge in [-0.15, -0.1) is 0 Å². The summed E-state index contributed by atoms with van der Waals surface area (Å²) in [6.45, 7) is 5.30. The first-order valence-electron chi connectivity index (χ1n) is 6.87. The molecule has 1 rings (SSSR count). The number of aryl methyl sites for hydroxylation is 1. The summed E-state index contributed by atoms with van der Waals surface area (Å²) in [6.07, 6.45) is 3.79. The van der Waals surface area contributed by atoms with Crippen molar-refractivity contribution in [1.29, 1.82) is 0 Å². The lowest BCUT2D eigenvalue weighted by Crippen LogP contribution is -2.15. The molecule has 0 radical (unpaired) electrons. The highest BCUT2D eigenvalue weighted by molar-refractivity contribution is 5.92. The van der Waals surface area contributed by atoms with Crippen molar-refractivity contribution in [3.05, 3.63) is 23.8 Å². The predicted octanol–water partition coefficient (Wildman–Crippen LogP) is 3.11. The first-order valence-corrected chi connectivity index (χ1v) is 6.87. The summed E-state index contributed by atoms with van der Waals surface area (Å²) in [6, 6.07) is 5.49. The van der Waals surface area contributed by atoms with E-state index in [1.54, 1.807) is 6.07 Å². The normalized spacial score (nSPS) is 10.4. The van der Waals surface area contributed by atoms with Crippen LogP contribution in [0.25, 0.3) is 0 Å². The zero-order chi connectivity index (χ0) is 14.1. The summed E-state index contributed by atoms with van der Waals surface area (Å²) in [5.74, 6) is -0.0378. The van der Waals surface area contributed by atoms with Crippen molar-refractivity contribution in [3.63, 3.8) is 0 Å². The molecule has 0 aromatic heterocycles. The van der Waals surface area contributed by atoms with Gasteiger partial charge in [0.15, 0.2) is 0 Å². The van der Waals surface area contributed by atoms with Crippen LogP contribution in [0, 0.1) is 6.92 Å². The molecule has 0 saturated carbocycles. The van der Waals surface area contributed by atoms with Crippen molar-refractivity contribution in [2.45, 2.75) is 39.5 Å². The van der Waals surface area contributed by atoms with Gasteiger partial charge in [0.1, 0.15) is 0 Å². The van der Waals surface area contributed by atoms with Crippen LogP contribution in [0.3, 0.4) is 0 Å². The lowest BCUT2D eigenvalue weighted by Gasteiger charge is -2.09. The average Bonchev–Trinajstić information content (AvgIpc) is 2.38. The van der Waals surface area contributed by atoms with Gasteiger partial charge in [0.2, 0.25) is 5.91 Å². The van der Waals surface area contributed by atoms with E-state index in [2.05, 4.69) is 12.2 Å². The number of anilines is 2. The number of carbonyl (C=O) groups is 1. The van der Waals surface area contributed by atoms with E-state index in [1.165, 1.54) is 12.8 Å². The molecule has 0 saturated heterocycles. The van der Waals surface area contributed by atoms with Gasteiger partial charge < -0.3 is 15.8 Å². The number of nitrogen functional groups attached to an aromatic ring is 1. The fourth-order valence-corrected chi connectivity index (χ4v) is 1.71. The molecule has 19 heavy (non-hydrogen) atoms. The SMILES string of the molecule is CCCCCOCCC(=O)Nc1cc(N)ccc1C. The van der Waals surface area contributed by atoms with Crippen molar-refractivity contribution in [3.8, 4) is 0 Å². The minimum Gasteiger partial charge on any atom is -0.399 e. The van der Waals surface area contributed by atoms with Gasteiger partial charge in [-0.3, -0.25) is 4.79 Å². The molecule has 0 fully saturated rings. The topological polar surface area (TPSA) is 64.3 Å². The molecular weight excluding hydrogens is 240 g/mol. The third-order valence-electron chi connectivity index (χ3n) is 2.90. The highest BCUT2D eigenvalue weighted by Gasteiger charge is 2.05. The number of benzene rings is 1. The monoisotopic (exact) mass is 264 g/mol. The molecule has 0 atom stereocenters. The number of carbonyl (C=O) groups excluding carboxylic acids is 1. The third kappa shape index (κ3) is 6.25. The molecule has 1 amide bonds. The van der Waals surface area contributed by atoms with E-state index in [0.29, 0.717) is 18.7 Å². The van der Waals surface area contributed by atoms with Crippen LogP contribution in [-0.2, 0) is 9.53 Å². The molecule has 0 aliphatic rings. The molecule has 0 bridgehead atoms. The second kappa shape index (κ2) is 8.53. The van der Waals surface area contributed by atoms with Crippen LogP contribution in [0.1, 0.15) is 38.2 Å². The molecule has 0 aliphatic carbocycles. The van der Waals surface area contributed by atoms with Gasteiger partial charge >= 0.3 is 0 Å². The van der Waals surface area contributed by atoms with Crippen molar-refractivity contribution in [1.82, 2.24) is 0 Å². The predicted molar refractivity (Wildman–Crippen MR) is 79.2 cm³/mol. The van der Waals surface area contributed by atoms with E-state index in [0.717, 1.165) is 24.3 Å². The largest absolute Gasteiger partial charge is 0.399 e. The Morgan fingerprint density at radius 3 is 2.84 bits per heavy atom. The Hall–Kier alpha value is -1.55. The summed E-state index contributed by atoms with van der Waals surface area (Å²) >= 11 is 0. The van der Waals surface area contributed by atoms with Crippen LogP contribution in [-0.4, -0.2) is 19.1 Å². The zero-order valence-corrected chi connectivity index (χ0v) is 11.9. The number of rotatable bonds is 8. The van der Waals surface area contributed by atoms with Gasteiger partial charge in [-0.05, 0) is 31.0 Å². The number of ether oxygens (including phenoxy) is 1. The third-order valence-corrected chi connectivity index (χ3v) is 2.90. The summed E-state index contributed by atoms with van der Waals surface area (Å²) < 4.78 is 5.41. The first kappa shape index (κ1) is 15.5. The number of nitrogens with two attached hydrogens (primary N) is 1. The molecule has 0 heterocycles. The van der Waals surface area contributed by atoms with E-state index >= 15 is 0 Å². The lowest BCUT2D eigenvalue weighted by atomic mass is 10.2. The van der Waals surface area contributed by atoms with E-state index in [-0.39, 0.29) is 5.91 Å². The van der Waals surface area contributed by atoms with Crippen LogP contribution in [0.4, 0.5) is 11.4 Å². The Bertz CT molecular complexity index is 405. The van der Waals surface area contributed by atoms with Gasteiger partial charge in [-0.25, -0.2) is 0 Å². The van der Waals surface area contributed by atoms with Gasteiger partial charge in [0.25, 0.3) is 0 Å². The quantitative estimate of drug-likeness (QED) is 0.560. The molecule has 1 aromatic carbocycles. The van der Waals surface area contributed by atoms with Crippen molar-refractivity contribution >= 4 is 17.3 Å². The van der Waals surface area contributed by atoms with Crippen LogP contribution in [0.5, 0.6) is 0 Å². The van der Waals surface area contributed by atoms with Crippen LogP contribution < -0.4 is 11.1 Å². The first-order chi connectivity index (χ1) is 9.13. The highest BCUT2D eigenvalue weighted by Crippen LogP contribution is 2.18. The van der Waals surface area contributed by atoms with E-state index in [1.807, 2.05) is 19.1 Å². The van der Waals surface area contributed by atoms with Gasteiger partial charge in [0, 0.05) is 18.0 Å².